The minimum atomic E-state index is -4.68. The molecule has 0 aliphatic heterocycles. The third kappa shape index (κ3) is 13.6. The summed E-state index contributed by atoms with van der Waals surface area (Å²) in [6, 6.07) is 0. The zero-order chi connectivity index (χ0) is 11.8. The van der Waals surface area contributed by atoms with E-state index < -0.39 is 16.4 Å². The largest absolute Gasteiger partial charge is 0.449 e. The fourth-order valence-electron chi connectivity index (χ4n) is 0.167. The predicted molar refractivity (Wildman–Crippen MR) is 46.6 cm³/mol. The summed E-state index contributed by atoms with van der Waals surface area (Å²) in [5.41, 5.74) is -0.0994. The summed E-state index contributed by atoms with van der Waals surface area (Å²) < 4.78 is 31.0. The van der Waals surface area contributed by atoms with Crippen LogP contribution in [0.15, 0.2) is 12.2 Å². The molecule has 14 heavy (non-hydrogen) atoms. The molecule has 7 nitrogen and oxygen atoms in total. The topological polar surface area (TPSA) is 121 Å². The third-order valence-electron chi connectivity index (χ3n) is 0.629. The van der Waals surface area contributed by atoms with Crippen LogP contribution in [0.5, 0.6) is 0 Å². The van der Waals surface area contributed by atoms with E-state index >= 15 is 0 Å². The summed E-state index contributed by atoms with van der Waals surface area (Å²) in [6.07, 6.45) is 0. The predicted octanol–water partition coefficient (Wildman–Crippen LogP) is -1.12. The zero-order valence-electron chi connectivity index (χ0n) is 7.50. The van der Waals surface area contributed by atoms with Crippen LogP contribution in [0.3, 0.4) is 0 Å². The SMILES string of the molecule is C=C(C)C(=O)OS(=O)(=O)O.OCCO. The summed E-state index contributed by atoms with van der Waals surface area (Å²) >= 11 is 0. The quantitative estimate of drug-likeness (QED) is 0.413. The van der Waals surface area contributed by atoms with Gasteiger partial charge in [-0.15, -0.1) is 0 Å². The lowest BCUT2D eigenvalue weighted by molar-refractivity contribution is -0.130. The van der Waals surface area contributed by atoms with E-state index in [1.54, 1.807) is 0 Å². The van der Waals surface area contributed by atoms with E-state index in [4.69, 9.17) is 14.8 Å². The van der Waals surface area contributed by atoms with Crippen molar-refractivity contribution in [3.63, 3.8) is 0 Å². The van der Waals surface area contributed by atoms with Gasteiger partial charge >= 0.3 is 16.4 Å². The fraction of sp³-hybridized carbons (Fsp3) is 0.500. The van der Waals surface area contributed by atoms with Gasteiger partial charge in [-0.1, -0.05) is 6.58 Å². The van der Waals surface area contributed by atoms with E-state index in [-0.39, 0.29) is 18.8 Å². The molecule has 0 rings (SSSR count). The van der Waals surface area contributed by atoms with Gasteiger partial charge in [0.05, 0.1) is 13.2 Å². The number of aliphatic hydroxyl groups excluding tert-OH is 2. The van der Waals surface area contributed by atoms with E-state index in [9.17, 15) is 13.2 Å². The van der Waals surface area contributed by atoms with Crippen molar-refractivity contribution in [1.29, 1.82) is 0 Å². The van der Waals surface area contributed by atoms with E-state index in [1.165, 1.54) is 6.92 Å². The minimum Gasteiger partial charge on any atom is -0.394 e. The van der Waals surface area contributed by atoms with Gasteiger partial charge < -0.3 is 14.4 Å². The number of rotatable bonds is 3. The molecule has 0 aromatic carbocycles. The van der Waals surface area contributed by atoms with Crippen molar-refractivity contribution in [1.82, 2.24) is 0 Å². The fourth-order valence-corrected chi connectivity index (χ4v) is 0.500. The van der Waals surface area contributed by atoms with Crippen molar-refractivity contribution < 1.29 is 32.2 Å². The van der Waals surface area contributed by atoms with E-state index in [2.05, 4.69) is 10.8 Å². The Balaban J connectivity index is 0. The molecule has 84 valence electrons. The molecule has 0 saturated carbocycles. The molecule has 0 aliphatic carbocycles. The molecule has 0 spiro atoms. The molecule has 0 radical (unpaired) electrons. The molecule has 0 aromatic heterocycles. The van der Waals surface area contributed by atoms with Crippen molar-refractivity contribution in [3.05, 3.63) is 12.2 Å². The van der Waals surface area contributed by atoms with Gasteiger partial charge in [0.2, 0.25) is 0 Å². The molecule has 0 amide bonds. The highest BCUT2D eigenvalue weighted by Gasteiger charge is 2.12. The summed E-state index contributed by atoms with van der Waals surface area (Å²) in [6.45, 7) is 4.10. The van der Waals surface area contributed by atoms with Crippen molar-refractivity contribution in [2.24, 2.45) is 0 Å². The second-order valence-electron chi connectivity index (χ2n) is 2.03. The van der Waals surface area contributed by atoms with Crippen LogP contribution in [0.1, 0.15) is 6.92 Å². The molecule has 0 saturated heterocycles. The number of hydrogen-bond donors (Lipinski definition) is 3. The summed E-state index contributed by atoms with van der Waals surface area (Å²) in [5.74, 6) is -1.16. The van der Waals surface area contributed by atoms with Gasteiger partial charge in [-0.3, -0.25) is 4.55 Å². The highest BCUT2D eigenvalue weighted by Crippen LogP contribution is 1.95. The zero-order valence-corrected chi connectivity index (χ0v) is 8.32. The molecule has 0 bridgehead atoms. The van der Waals surface area contributed by atoms with Crippen LogP contribution in [0.4, 0.5) is 0 Å². The van der Waals surface area contributed by atoms with Gasteiger partial charge in [0.1, 0.15) is 0 Å². The van der Waals surface area contributed by atoms with Gasteiger partial charge in [-0.2, -0.15) is 8.42 Å². The number of carbonyl (C=O) groups excluding carboxylic acids is 1. The van der Waals surface area contributed by atoms with Crippen LogP contribution in [-0.4, -0.2) is 42.4 Å². The Morgan fingerprint density at radius 2 is 1.71 bits per heavy atom. The number of hydrogen-bond acceptors (Lipinski definition) is 6. The first kappa shape index (κ1) is 15.5. The molecule has 0 aromatic rings. The Hall–Kier alpha value is -0.960. The van der Waals surface area contributed by atoms with Crippen LogP contribution in [0.2, 0.25) is 0 Å². The number of carbonyl (C=O) groups is 1. The van der Waals surface area contributed by atoms with Crippen LogP contribution < -0.4 is 0 Å². The van der Waals surface area contributed by atoms with Crippen molar-refractivity contribution in [2.75, 3.05) is 13.2 Å². The van der Waals surface area contributed by atoms with Crippen molar-refractivity contribution in [3.8, 4) is 0 Å². The molecule has 0 aliphatic rings. The first-order valence-electron chi connectivity index (χ1n) is 3.33. The second kappa shape index (κ2) is 7.44. The Bertz CT molecular complexity index is 277. The highest BCUT2D eigenvalue weighted by molar-refractivity contribution is 7.81. The summed E-state index contributed by atoms with van der Waals surface area (Å²) in [7, 11) is -4.68. The summed E-state index contributed by atoms with van der Waals surface area (Å²) in [5, 5.41) is 15.2. The Kier molecular flexibility index (Phi) is 8.25. The maximum atomic E-state index is 10.3. The smallest absolute Gasteiger partial charge is 0.394 e. The first-order chi connectivity index (χ1) is 6.24. The van der Waals surface area contributed by atoms with Gasteiger partial charge in [0.15, 0.2) is 0 Å². The lowest BCUT2D eigenvalue weighted by Gasteiger charge is -1.96. The van der Waals surface area contributed by atoms with Gasteiger partial charge in [-0.05, 0) is 6.92 Å². The molecule has 8 heteroatoms. The van der Waals surface area contributed by atoms with E-state index in [0.717, 1.165) is 0 Å². The van der Waals surface area contributed by atoms with Crippen LogP contribution in [0, 0.1) is 0 Å². The Morgan fingerprint density at radius 3 is 1.79 bits per heavy atom. The lowest BCUT2D eigenvalue weighted by atomic mass is 10.4. The molecule has 3 N–H and O–H groups in total. The minimum absolute atomic E-state index is 0.0994. The average Bonchev–Trinajstić information content (AvgIpc) is 2.02. The Labute approximate surface area is 81.6 Å². The van der Waals surface area contributed by atoms with Gasteiger partial charge in [0, 0.05) is 5.57 Å². The van der Waals surface area contributed by atoms with Crippen molar-refractivity contribution in [2.45, 2.75) is 6.92 Å². The van der Waals surface area contributed by atoms with Gasteiger partial charge in [-0.25, -0.2) is 4.79 Å². The van der Waals surface area contributed by atoms with Crippen LogP contribution in [0.25, 0.3) is 0 Å². The maximum Gasteiger partial charge on any atom is 0.449 e. The molecule has 0 unspecified atom stereocenters. The third-order valence-corrected chi connectivity index (χ3v) is 0.991. The van der Waals surface area contributed by atoms with Crippen LogP contribution >= 0.6 is 0 Å². The van der Waals surface area contributed by atoms with Crippen molar-refractivity contribution >= 4 is 16.4 Å². The molecular weight excluding hydrogens is 216 g/mol. The molecular formula is C6H12O7S. The van der Waals surface area contributed by atoms with E-state index in [1.807, 2.05) is 0 Å². The van der Waals surface area contributed by atoms with Gasteiger partial charge in [0.25, 0.3) is 0 Å². The highest BCUT2D eigenvalue weighted by atomic mass is 32.3. The van der Waals surface area contributed by atoms with Crippen LogP contribution in [-0.2, 0) is 19.4 Å². The molecule has 0 fully saturated rings. The normalized spacial score (nSPS) is 9.71. The average molecular weight is 228 g/mol. The summed E-state index contributed by atoms with van der Waals surface area (Å²) in [4.78, 5) is 10.3. The lowest BCUT2D eigenvalue weighted by Crippen LogP contribution is -2.11. The second-order valence-corrected chi connectivity index (χ2v) is 3.05. The standard InChI is InChI=1S/C4H6O5S.C2H6O2/c1-3(2)4(5)9-10(6,7)8;3-1-2-4/h1H2,2H3,(H,6,7,8);3-4H,1-2H2. The monoisotopic (exact) mass is 228 g/mol. The molecule has 0 heterocycles. The first-order valence-corrected chi connectivity index (χ1v) is 4.69. The maximum absolute atomic E-state index is 10.3. The molecule has 0 atom stereocenters. The van der Waals surface area contributed by atoms with E-state index in [0.29, 0.717) is 0 Å². The number of aliphatic hydroxyl groups is 2. The Morgan fingerprint density at radius 1 is 1.36 bits per heavy atom.